The van der Waals surface area contributed by atoms with Gasteiger partial charge in [0.1, 0.15) is 0 Å². The van der Waals surface area contributed by atoms with E-state index < -0.39 is 6.16 Å². The molecule has 0 rings (SSSR count). The molecule has 0 spiro atoms. The van der Waals surface area contributed by atoms with Gasteiger partial charge in [-0.15, -0.1) is 0 Å². The summed E-state index contributed by atoms with van der Waals surface area (Å²) in [4.78, 5) is 8.56. The third kappa shape index (κ3) is 729. The lowest BCUT2D eigenvalue weighted by Crippen LogP contribution is -1.81. The minimum Gasteiger partial charge on any atom is -0.450 e. The van der Waals surface area contributed by atoms with E-state index in [9.17, 15) is 0 Å². The molecule has 0 aliphatic carbocycles. The molecule has 0 unspecified atom stereocenters. The molecule has 0 aromatic heterocycles. The Morgan fingerprint density at radius 3 is 0.538 bits per heavy atom. The average Bonchev–Trinajstić information content (AvgIpc) is 0.811. The molecule has 0 saturated heterocycles. The first-order chi connectivity index (χ1) is 1.73. The van der Waals surface area contributed by atoms with Gasteiger partial charge in [0.25, 0.3) is 0 Å². The van der Waals surface area contributed by atoms with E-state index >= 15 is 0 Å². The van der Waals surface area contributed by atoms with Crippen molar-refractivity contribution in [3.05, 3.63) is 0 Å². The van der Waals surface area contributed by atoms with E-state index in [0.29, 0.717) is 0 Å². The molecule has 0 aliphatic rings. The first-order valence-electron chi connectivity index (χ1n) is 0.651. The zero-order chi connectivity index (χ0) is 3.58. The molecule has 0 radical (unpaired) electrons. The molecular formula is CH20O12. The van der Waals surface area contributed by atoms with E-state index in [0.717, 1.165) is 0 Å². The number of carboxylic acid groups (broad SMARTS) is 2. The number of rotatable bonds is 0. The van der Waals surface area contributed by atoms with E-state index in [4.69, 9.17) is 15.0 Å². The molecular weight excluding hydrogens is 204 g/mol. The largest absolute Gasteiger partial charge is 0.503 e. The molecule has 96 valence electrons. The molecule has 0 bridgehead atoms. The van der Waals surface area contributed by atoms with Gasteiger partial charge in [0.05, 0.1) is 0 Å². The van der Waals surface area contributed by atoms with Crippen LogP contribution in [0.4, 0.5) is 4.79 Å². The van der Waals surface area contributed by atoms with Crippen molar-refractivity contribution in [3.63, 3.8) is 0 Å². The summed E-state index contributed by atoms with van der Waals surface area (Å²) in [6, 6.07) is 0. The first-order valence-corrected chi connectivity index (χ1v) is 0.651. The summed E-state index contributed by atoms with van der Waals surface area (Å²) in [6.45, 7) is 0. The van der Waals surface area contributed by atoms with Crippen LogP contribution in [0.2, 0.25) is 0 Å². The van der Waals surface area contributed by atoms with Crippen LogP contribution >= 0.6 is 0 Å². The molecule has 0 saturated carbocycles. The van der Waals surface area contributed by atoms with Crippen molar-refractivity contribution in [2.24, 2.45) is 0 Å². The van der Waals surface area contributed by atoms with E-state index in [1.807, 2.05) is 0 Å². The summed E-state index contributed by atoms with van der Waals surface area (Å²) in [6.07, 6.45) is -1.83. The third-order valence-corrected chi connectivity index (χ3v) is 0. The van der Waals surface area contributed by atoms with E-state index in [-0.39, 0.29) is 49.3 Å². The smallest absolute Gasteiger partial charge is 0.450 e. The Morgan fingerprint density at radius 2 is 0.538 bits per heavy atom. The Morgan fingerprint density at radius 1 is 0.538 bits per heavy atom. The van der Waals surface area contributed by atoms with Gasteiger partial charge in [-0.2, -0.15) is 0 Å². The highest BCUT2D eigenvalue weighted by atomic mass is 16.6. The van der Waals surface area contributed by atoms with Crippen molar-refractivity contribution in [2.75, 3.05) is 0 Å². The van der Waals surface area contributed by atoms with E-state index in [2.05, 4.69) is 0 Å². The van der Waals surface area contributed by atoms with Crippen molar-refractivity contribution >= 4 is 6.16 Å². The first kappa shape index (κ1) is 389. The third-order valence-electron chi connectivity index (χ3n) is 0. The summed E-state index contributed by atoms with van der Waals surface area (Å²) in [5.74, 6) is 0. The Kier molecular flexibility index (Phi) is 8780. The van der Waals surface area contributed by atoms with E-state index in [1.165, 1.54) is 0 Å². The topological polar surface area (TPSA) is 341 Å². The fraction of sp³-hybridized carbons (Fsp3) is 0. The van der Waals surface area contributed by atoms with Gasteiger partial charge in [-0.25, -0.2) is 4.79 Å². The quantitative estimate of drug-likeness (QED) is 0.404. The summed E-state index contributed by atoms with van der Waals surface area (Å²) in [5, 5.41) is 13.9. The Bertz CT molecular complexity index is 28.1. The van der Waals surface area contributed by atoms with Crippen LogP contribution in [-0.4, -0.2) is 65.7 Å². The Hall–Kier alpha value is -1.09. The highest BCUT2D eigenvalue weighted by Crippen LogP contribution is 1.42. The molecule has 0 heterocycles. The van der Waals surface area contributed by atoms with Crippen LogP contribution in [-0.2, 0) is 0 Å². The molecule has 13 heavy (non-hydrogen) atoms. The van der Waals surface area contributed by atoms with Crippen LogP contribution in [0.15, 0.2) is 0 Å². The SMILES string of the molecule is O.O.O.O.O.O.O.O.O.O=C(O)O. The Labute approximate surface area is 71.8 Å². The number of hydrogen-bond donors (Lipinski definition) is 2. The predicted molar refractivity (Wildman–Crippen MR) is 43.2 cm³/mol. The highest BCUT2D eigenvalue weighted by molar-refractivity contribution is 5.53. The number of carbonyl (C=O) groups is 1. The second-order valence-corrected chi connectivity index (χ2v) is 0.283. The van der Waals surface area contributed by atoms with Crippen LogP contribution in [0, 0.1) is 0 Å². The lowest BCUT2D eigenvalue weighted by molar-refractivity contribution is 0.137. The van der Waals surface area contributed by atoms with Gasteiger partial charge in [0.2, 0.25) is 0 Å². The average molecular weight is 224 g/mol. The maximum atomic E-state index is 8.56. The van der Waals surface area contributed by atoms with Gasteiger partial charge in [-0.1, -0.05) is 0 Å². The normalized spacial score (nSPS) is 1.85. The minimum absolute atomic E-state index is 0. The highest BCUT2D eigenvalue weighted by Gasteiger charge is 1.70. The van der Waals surface area contributed by atoms with Gasteiger partial charge < -0.3 is 59.5 Å². The fourth-order valence-electron chi connectivity index (χ4n) is 0. The summed E-state index contributed by atoms with van der Waals surface area (Å²) in [5.41, 5.74) is 0. The lowest BCUT2D eigenvalue weighted by atomic mass is 11.5. The predicted octanol–water partition coefficient (Wildman–Crippen LogP) is -7.20. The molecule has 0 aromatic carbocycles. The second-order valence-electron chi connectivity index (χ2n) is 0.283. The second kappa shape index (κ2) is 294. The van der Waals surface area contributed by atoms with Crippen LogP contribution in [0.5, 0.6) is 0 Å². The standard InChI is InChI=1S/CH2O3.9H2O/c2-1(3)4;;;;;;;;;/h(H2,2,3,4);9*1H2. The molecule has 0 aliphatic heterocycles. The van der Waals surface area contributed by atoms with Crippen LogP contribution in [0.3, 0.4) is 0 Å². The molecule has 0 fully saturated rings. The molecule has 0 amide bonds. The molecule has 0 atom stereocenters. The molecule has 0 aromatic rings. The maximum Gasteiger partial charge on any atom is 0.503 e. The fourth-order valence-corrected chi connectivity index (χ4v) is 0. The number of hydrogen-bond acceptors (Lipinski definition) is 1. The molecule has 12 nitrogen and oxygen atoms in total. The van der Waals surface area contributed by atoms with Crippen LogP contribution < -0.4 is 0 Å². The van der Waals surface area contributed by atoms with Crippen molar-refractivity contribution in [1.29, 1.82) is 0 Å². The lowest BCUT2D eigenvalue weighted by Gasteiger charge is -1.60. The maximum absolute atomic E-state index is 8.56. The minimum atomic E-state index is -1.83. The monoisotopic (exact) mass is 224 g/mol. The summed E-state index contributed by atoms with van der Waals surface area (Å²) in [7, 11) is 0. The Balaban J connectivity index is -0.00000000125. The summed E-state index contributed by atoms with van der Waals surface area (Å²) < 4.78 is 0. The van der Waals surface area contributed by atoms with Gasteiger partial charge in [0.15, 0.2) is 0 Å². The summed E-state index contributed by atoms with van der Waals surface area (Å²) >= 11 is 0. The van der Waals surface area contributed by atoms with Crippen molar-refractivity contribution in [2.45, 2.75) is 0 Å². The van der Waals surface area contributed by atoms with Crippen LogP contribution in [0.1, 0.15) is 0 Å². The zero-order valence-corrected chi connectivity index (χ0v) is 6.30. The zero-order valence-electron chi connectivity index (χ0n) is 6.30. The van der Waals surface area contributed by atoms with Crippen molar-refractivity contribution in [1.82, 2.24) is 0 Å². The van der Waals surface area contributed by atoms with Gasteiger partial charge in [-0.3, -0.25) is 0 Å². The molecule has 20 N–H and O–H groups in total. The molecule has 12 heteroatoms. The van der Waals surface area contributed by atoms with Crippen LogP contribution in [0.25, 0.3) is 0 Å². The van der Waals surface area contributed by atoms with Crippen molar-refractivity contribution in [3.8, 4) is 0 Å². The van der Waals surface area contributed by atoms with Gasteiger partial charge >= 0.3 is 6.16 Å². The van der Waals surface area contributed by atoms with E-state index in [1.54, 1.807) is 0 Å². The van der Waals surface area contributed by atoms with Gasteiger partial charge in [0, 0.05) is 0 Å². The van der Waals surface area contributed by atoms with Gasteiger partial charge in [-0.05, 0) is 0 Å². The van der Waals surface area contributed by atoms with Crippen molar-refractivity contribution < 1.29 is 64.3 Å².